The number of ether oxygens (including phenoxy) is 3. The Morgan fingerprint density at radius 1 is 1.00 bits per heavy atom. The predicted molar refractivity (Wildman–Crippen MR) is 75.7 cm³/mol. The fraction of sp³-hybridized carbons (Fsp3) is 0.235. The van der Waals surface area contributed by atoms with Gasteiger partial charge in [-0.25, -0.2) is 4.79 Å². The second-order valence-electron chi connectivity index (χ2n) is 5.17. The van der Waals surface area contributed by atoms with Crippen LogP contribution in [0.4, 0.5) is 0 Å². The van der Waals surface area contributed by atoms with Crippen LogP contribution in [0, 0.1) is 0 Å². The monoisotopic (exact) mass is 282 g/mol. The fourth-order valence-electron chi connectivity index (χ4n) is 2.72. The minimum Gasteiger partial charge on any atom is -0.485 e. The Morgan fingerprint density at radius 2 is 1.86 bits per heavy atom. The van der Waals surface area contributed by atoms with Gasteiger partial charge in [0, 0.05) is 6.42 Å². The first-order chi connectivity index (χ1) is 10.3. The van der Waals surface area contributed by atoms with Gasteiger partial charge in [0.25, 0.3) is 0 Å². The molecule has 0 spiro atoms. The SMILES string of the molecule is O=C1OCCc2ccc(C3COc4ccccc4O3)cc21. The summed E-state index contributed by atoms with van der Waals surface area (Å²) in [5.41, 5.74) is 2.61. The van der Waals surface area contributed by atoms with Crippen molar-refractivity contribution in [3.05, 3.63) is 59.2 Å². The summed E-state index contributed by atoms with van der Waals surface area (Å²) in [4.78, 5) is 11.8. The summed E-state index contributed by atoms with van der Waals surface area (Å²) in [6, 6.07) is 13.4. The number of para-hydroxylation sites is 2. The van der Waals surface area contributed by atoms with Crippen LogP contribution in [0.1, 0.15) is 27.6 Å². The molecule has 0 saturated heterocycles. The van der Waals surface area contributed by atoms with Crippen LogP contribution in [0.15, 0.2) is 42.5 Å². The second-order valence-corrected chi connectivity index (χ2v) is 5.17. The van der Waals surface area contributed by atoms with Crippen LogP contribution < -0.4 is 9.47 Å². The van der Waals surface area contributed by atoms with E-state index < -0.39 is 0 Å². The van der Waals surface area contributed by atoms with Gasteiger partial charge < -0.3 is 14.2 Å². The number of esters is 1. The molecule has 0 radical (unpaired) electrons. The van der Waals surface area contributed by atoms with Crippen molar-refractivity contribution in [2.45, 2.75) is 12.5 Å². The van der Waals surface area contributed by atoms with E-state index in [9.17, 15) is 4.79 Å². The molecule has 2 heterocycles. The molecule has 2 aliphatic rings. The van der Waals surface area contributed by atoms with Crippen LogP contribution in [0.5, 0.6) is 11.5 Å². The first-order valence-corrected chi connectivity index (χ1v) is 7.00. The van der Waals surface area contributed by atoms with E-state index in [2.05, 4.69) is 0 Å². The van der Waals surface area contributed by atoms with E-state index in [-0.39, 0.29) is 12.1 Å². The highest BCUT2D eigenvalue weighted by atomic mass is 16.6. The molecule has 0 aliphatic carbocycles. The summed E-state index contributed by atoms with van der Waals surface area (Å²) >= 11 is 0. The normalized spacial score (nSPS) is 19.6. The van der Waals surface area contributed by atoms with E-state index >= 15 is 0 Å². The Labute approximate surface area is 122 Å². The lowest BCUT2D eigenvalue weighted by Gasteiger charge is -2.27. The Morgan fingerprint density at radius 3 is 2.76 bits per heavy atom. The average molecular weight is 282 g/mol. The van der Waals surface area contributed by atoms with Gasteiger partial charge in [0.15, 0.2) is 17.6 Å². The van der Waals surface area contributed by atoms with E-state index in [4.69, 9.17) is 14.2 Å². The molecule has 0 fully saturated rings. The number of carbonyl (C=O) groups is 1. The smallest absolute Gasteiger partial charge is 0.338 e. The van der Waals surface area contributed by atoms with Gasteiger partial charge in [-0.1, -0.05) is 24.3 Å². The molecule has 0 aromatic heterocycles. The molecule has 0 bridgehead atoms. The summed E-state index contributed by atoms with van der Waals surface area (Å²) in [7, 11) is 0. The molecule has 0 amide bonds. The zero-order chi connectivity index (χ0) is 14.2. The Bertz CT molecular complexity index is 708. The highest BCUT2D eigenvalue weighted by Crippen LogP contribution is 2.36. The molecule has 4 nitrogen and oxygen atoms in total. The zero-order valence-corrected chi connectivity index (χ0v) is 11.4. The largest absolute Gasteiger partial charge is 0.485 e. The minimum atomic E-state index is -0.254. The average Bonchev–Trinajstić information content (AvgIpc) is 2.54. The zero-order valence-electron chi connectivity index (χ0n) is 11.4. The van der Waals surface area contributed by atoms with Crippen LogP contribution in [0.3, 0.4) is 0 Å². The summed E-state index contributed by atoms with van der Waals surface area (Å²) in [6.45, 7) is 0.895. The van der Waals surface area contributed by atoms with Crippen molar-refractivity contribution in [2.75, 3.05) is 13.2 Å². The molecule has 2 aromatic carbocycles. The molecule has 21 heavy (non-hydrogen) atoms. The topological polar surface area (TPSA) is 44.8 Å². The van der Waals surface area contributed by atoms with Crippen molar-refractivity contribution in [1.82, 2.24) is 0 Å². The summed E-state index contributed by atoms with van der Waals surface area (Å²) < 4.78 is 16.8. The number of fused-ring (bicyclic) bond motifs is 2. The maximum atomic E-state index is 11.8. The third-order valence-corrected chi connectivity index (χ3v) is 3.84. The van der Waals surface area contributed by atoms with Gasteiger partial charge >= 0.3 is 5.97 Å². The fourth-order valence-corrected chi connectivity index (χ4v) is 2.72. The Balaban J connectivity index is 1.66. The minimum absolute atomic E-state index is 0.208. The molecule has 2 aromatic rings. The van der Waals surface area contributed by atoms with Gasteiger partial charge in [-0.15, -0.1) is 0 Å². The second kappa shape index (κ2) is 4.81. The van der Waals surface area contributed by atoms with Crippen molar-refractivity contribution in [3.63, 3.8) is 0 Å². The van der Waals surface area contributed by atoms with Crippen molar-refractivity contribution >= 4 is 5.97 Å². The lowest BCUT2D eigenvalue weighted by molar-refractivity contribution is 0.0479. The van der Waals surface area contributed by atoms with Crippen molar-refractivity contribution in [3.8, 4) is 11.5 Å². The maximum Gasteiger partial charge on any atom is 0.338 e. The Kier molecular flexibility index (Phi) is 2.81. The summed E-state index contributed by atoms with van der Waals surface area (Å²) in [5.74, 6) is 1.23. The first-order valence-electron chi connectivity index (χ1n) is 7.00. The van der Waals surface area contributed by atoms with E-state index in [1.165, 1.54) is 0 Å². The van der Waals surface area contributed by atoms with Crippen LogP contribution in [-0.4, -0.2) is 19.2 Å². The molecular weight excluding hydrogens is 268 g/mol. The maximum absolute atomic E-state index is 11.8. The Hall–Kier alpha value is -2.49. The molecular formula is C17H14O4. The van der Waals surface area contributed by atoms with Gasteiger partial charge in [0.05, 0.1) is 12.2 Å². The molecule has 0 saturated carbocycles. The highest BCUT2D eigenvalue weighted by Gasteiger charge is 2.25. The number of benzene rings is 2. The van der Waals surface area contributed by atoms with Crippen LogP contribution >= 0.6 is 0 Å². The number of rotatable bonds is 1. The summed E-state index contributed by atoms with van der Waals surface area (Å²) in [6.07, 6.45) is 0.562. The van der Waals surface area contributed by atoms with Crippen LogP contribution in [0.2, 0.25) is 0 Å². The molecule has 2 aliphatic heterocycles. The number of hydrogen-bond acceptors (Lipinski definition) is 4. The third-order valence-electron chi connectivity index (χ3n) is 3.84. The molecule has 106 valence electrons. The predicted octanol–water partition coefficient (Wildman–Crippen LogP) is 2.91. The standard InChI is InChI=1S/C17H14O4/c18-17-13-9-12(6-5-11(13)7-8-19-17)16-10-20-14-3-1-2-4-15(14)21-16/h1-6,9,16H,7-8,10H2. The molecule has 1 atom stereocenters. The summed E-state index contributed by atoms with van der Waals surface area (Å²) in [5, 5.41) is 0. The van der Waals surface area contributed by atoms with Crippen molar-refractivity contribution in [1.29, 1.82) is 0 Å². The lowest BCUT2D eigenvalue weighted by atomic mass is 9.97. The van der Waals surface area contributed by atoms with E-state index in [1.54, 1.807) is 0 Å². The molecule has 4 rings (SSSR count). The molecule has 1 unspecified atom stereocenters. The number of carbonyl (C=O) groups excluding carboxylic acids is 1. The van der Waals surface area contributed by atoms with Crippen molar-refractivity contribution < 1.29 is 19.0 Å². The van der Waals surface area contributed by atoms with Gasteiger partial charge in [-0.05, 0) is 29.3 Å². The first kappa shape index (κ1) is 12.3. The molecule has 0 N–H and O–H groups in total. The van der Waals surface area contributed by atoms with Gasteiger partial charge in [0.1, 0.15) is 6.61 Å². The molecule has 4 heteroatoms. The van der Waals surface area contributed by atoms with Gasteiger partial charge in [-0.2, -0.15) is 0 Å². The van der Waals surface area contributed by atoms with E-state index in [0.29, 0.717) is 18.8 Å². The van der Waals surface area contributed by atoms with Gasteiger partial charge in [-0.3, -0.25) is 0 Å². The van der Waals surface area contributed by atoms with Gasteiger partial charge in [0.2, 0.25) is 0 Å². The van der Waals surface area contributed by atoms with Crippen molar-refractivity contribution in [2.24, 2.45) is 0 Å². The third kappa shape index (κ3) is 2.13. The number of cyclic esters (lactones) is 1. The van der Waals surface area contributed by atoms with E-state index in [1.807, 2.05) is 42.5 Å². The lowest BCUT2D eigenvalue weighted by Crippen LogP contribution is -2.23. The van der Waals surface area contributed by atoms with E-state index in [0.717, 1.165) is 29.0 Å². The number of hydrogen-bond donors (Lipinski definition) is 0. The van der Waals surface area contributed by atoms with Crippen LogP contribution in [-0.2, 0) is 11.2 Å². The van der Waals surface area contributed by atoms with Crippen LogP contribution in [0.25, 0.3) is 0 Å². The quantitative estimate of drug-likeness (QED) is 0.754. The highest BCUT2D eigenvalue weighted by molar-refractivity contribution is 5.92.